The van der Waals surface area contributed by atoms with Gasteiger partial charge in [-0.1, -0.05) is 18.2 Å². The van der Waals surface area contributed by atoms with Crippen LogP contribution in [0.25, 0.3) is 0 Å². The topological polar surface area (TPSA) is 77.8 Å². The van der Waals surface area contributed by atoms with Crippen LogP contribution in [0.5, 0.6) is 0 Å². The Morgan fingerprint density at radius 2 is 1.40 bits per heavy atom. The first kappa shape index (κ1) is 12.1. The van der Waals surface area contributed by atoms with Crippen molar-refractivity contribution in [1.82, 2.24) is 0 Å². The smallest absolute Gasteiger partial charge is 0.238 e. The van der Waals surface area contributed by atoms with Crippen molar-refractivity contribution in [3.63, 3.8) is 0 Å². The summed E-state index contributed by atoms with van der Waals surface area (Å²) in [5.74, 6) is -1.97. The lowest BCUT2D eigenvalue weighted by molar-refractivity contribution is -0.129. The molecule has 1 heterocycles. The standard InChI is InChI=1S/C15H15NO4/c17-12-8-6-9(13(12)18)11-10(8)14(19)16(15(11)20)7-4-2-1-3-5-7/h1-5,8-13,17-18H,6H2/t8-,9+,10-,11-,12-,13+/m1/s1. The normalized spacial score (nSPS) is 42.4. The third kappa shape index (κ3) is 1.29. The molecule has 20 heavy (non-hydrogen) atoms. The average Bonchev–Trinajstić information content (AvgIpc) is 3.05. The van der Waals surface area contributed by atoms with E-state index in [1.807, 2.05) is 6.07 Å². The first-order valence-electron chi connectivity index (χ1n) is 6.90. The number of benzene rings is 1. The van der Waals surface area contributed by atoms with E-state index in [4.69, 9.17) is 0 Å². The minimum Gasteiger partial charge on any atom is -0.390 e. The number of hydrogen-bond donors (Lipinski definition) is 2. The van der Waals surface area contributed by atoms with Gasteiger partial charge in [0, 0.05) is 11.8 Å². The first-order chi connectivity index (χ1) is 9.61. The van der Waals surface area contributed by atoms with E-state index in [0.29, 0.717) is 12.1 Å². The van der Waals surface area contributed by atoms with E-state index in [9.17, 15) is 19.8 Å². The van der Waals surface area contributed by atoms with E-state index in [2.05, 4.69) is 0 Å². The Kier molecular flexibility index (Phi) is 2.35. The molecule has 2 aliphatic carbocycles. The number of nitrogens with zero attached hydrogens (tertiary/aromatic N) is 1. The lowest BCUT2D eigenvalue weighted by Crippen LogP contribution is -2.43. The summed E-state index contributed by atoms with van der Waals surface area (Å²) in [4.78, 5) is 26.3. The molecule has 104 valence electrons. The number of rotatable bonds is 1. The number of carbonyl (C=O) groups is 2. The number of hydrogen-bond acceptors (Lipinski definition) is 4. The zero-order chi connectivity index (χ0) is 14.0. The lowest BCUT2D eigenvalue weighted by atomic mass is 9.78. The maximum absolute atomic E-state index is 12.6. The van der Waals surface area contributed by atoms with Crippen LogP contribution in [0.2, 0.25) is 0 Å². The molecule has 5 heteroatoms. The van der Waals surface area contributed by atoms with Crippen molar-refractivity contribution in [3.05, 3.63) is 30.3 Å². The molecular formula is C15H15NO4. The van der Waals surface area contributed by atoms with Crippen LogP contribution in [0.3, 0.4) is 0 Å². The molecule has 1 aliphatic heterocycles. The number of carbonyl (C=O) groups excluding carboxylic acids is 2. The number of aliphatic hydroxyl groups is 2. The number of anilines is 1. The second-order valence-corrected chi connectivity index (χ2v) is 5.94. The van der Waals surface area contributed by atoms with Crippen LogP contribution in [-0.2, 0) is 9.59 Å². The first-order valence-corrected chi connectivity index (χ1v) is 6.90. The van der Waals surface area contributed by atoms with Crippen LogP contribution in [0.4, 0.5) is 5.69 Å². The zero-order valence-electron chi connectivity index (χ0n) is 10.7. The summed E-state index contributed by atoms with van der Waals surface area (Å²) >= 11 is 0. The molecule has 1 aromatic rings. The summed E-state index contributed by atoms with van der Waals surface area (Å²) in [5.41, 5.74) is 0.570. The molecule has 3 aliphatic rings. The molecule has 2 N–H and O–H groups in total. The molecule has 1 saturated heterocycles. The van der Waals surface area contributed by atoms with Crippen LogP contribution in [-0.4, -0.2) is 34.2 Å². The summed E-state index contributed by atoms with van der Waals surface area (Å²) in [7, 11) is 0. The Bertz CT molecular complexity index is 555. The minimum atomic E-state index is -0.881. The fraction of sp³-hybridized carbons (Fsp3) is 0.467. The Morgan fingerprint density at radius 3 is 1.90 bits per heavy atom. The predicted molar refractivity (Wildman–Crippen MR) is 69.5 cm³/mol. The molecule has 1 aromatic carbocycles. The summed E-state index contributed by atoms with van der Waals surface area (Å²) in [6.07, 6.45) is -1.19. The Hall–Kier alpha value is -1.72. The number of aliphatic hydroxyl groups excluding tert-OH is 2. The highest BCUT2D eigenvalue weighted by Gasteiger charge is 2.67. The molecule has 3 fully saturated rings. The van der Waals surface area contributed by atoms with Crippen LogP contribution < -0.4 is 4.90 Å². The third-order valence-electron chi connectivity index (χ3n) is 5.11. The van der Waals surface area contributed by atoms with Gasteiger partial charge in [-0.25, -0.2) is 0 Å². The summed E-state index contributed by atoms with van der Waals surface area (Å²) in [6.45, 7) is 0. The largest absolute Gasteiger partial charge is 0.390 e. The number of imide groups is 1. The van der Waals surface area contributed by atoms with Gasteiger partial charge < -0.3 is 10.2 Å². The van der Waals surface area contributed by atoms with E-state index in [1.165, 1.54) is 4.90 Å². The lowest BCUT2D eigenvalue weighted by Gasteiger charge is -2.29. The molecule has 5 nitrogen and oxygen atoms in total. The van der Waals surface area contributed by atoms with Crippen molar-refractivity contribution in [1.29, 1.82) is 0 Å². The molecule has 0 unspecified atom stereocenters. The van der Waals surface area contributed by atoms with Gasteiger partial charge in [-0.2, -0.15) is 0 Å². The molecule has 2 amide bonds. The Morgan fingerprint density at radius 1 is 0.900 bits per heavy atom. The summed E-state index contributed by atoms with van der Waals surface area (Å²) in [5, 5.41) is 19.9. The van der Waals surface area contributed by atoms with Crippen LogP contribution in [0.15, 0.2) is 30.3 Å². The van der Waals surface area contributed by atoms with E-state index in [0.717, 1.165) is 0 Å². The molecule has 6 atom stereocenters. The fourth-order valence-electron chi connectivity index (χ4n) is 4.26. The highest BCUT2D eigenvalue weighted by Crippen LogP contribution is 2.56. The van der Waals surface area contributed by atoms with E-state index in [-0.39, 0.29) is 23.7 Å². The molecule has 2 bridgehead atoms. The van der Waals surface area contributed by atoms with Gasteiger partial charge in [0.2, 0.25) is 11.8 Å². The molecule has 0 radical (unpaired) electrons. The Labute approximate surface area is 115 Å². The predicted octanol–water partition coefficient (Wildman–Crippen LogP) is 0.164. The van der Waals surface area contributed by atoms with Gasteiger partial charge in [0.1, 0.15) is 0 Å². The maximum atomic E-state index is 12.6. The second kappa shape index (κ2) is 3.90. The molecule has 4 rings (SSSR count). The zero-order valence-corrected chi connectivity index (χ0v) is 10.7. The number of fused-ring (bicyclic) bond motifs is 5. The van der Waals surface area contributed by atoms with Gasteiger partial charge >= 0.3 is 0 Å². The van der Waals surface area contributed by atoms with Gasteiger partial charge in [0.15, 0.2) is 0 Å². The van der Waals surface area contributed by atoms with Crippen molar-refractivity contribution in [2.75, 3.05) is 4.90 Å². The highest BCUT2D eigenvalue weighted by molar-refractivity contribution is 6.22. The van der Waals surface area contributed by atoms with Gasteiger partial charge in [-0.15, -0.1) is 0 Å². The third-order valence-corrected chi connectivity index (χ3v) is 5.11. The van der Waals surface area contributed by atoms with Crippen LogP contribution >= 0.6 is 0 Å². The van der Waals surface area contributed by atoms with Crippen LogP contribution in [0, 0.1) is 23.7 Å². The molecule has 0 aromatic heterocycles. The average molecular weight is 273 g/mol. The van der Waals surface area contributed by atoms with E-state index < -0.39 is 24.0 Å². The fourth-order valence-corrected chi connectivity index (χ4v) is 4.26. The SMILES string of the molecule is O=C1[C@@H]2[C@@H]3C[C@@H]([C@@H](O)[C@H]3O)[C@H]2C(=O)N1c1ccccc1. The molecule has 2 saturated carbocycles. The molecule has 0 spiro atoms. The molecular weight excluding hydrogens is 258 g/mol. The van der Waals surface area contributed by atoms with Crippen LogP contribution in [0.1, 0.15) is 6.42 Å². The maximum Gasteiger partial charge on any atom is 0.238 e. The Balaban J connectivity index is 1.75. The van der Waals surface area contributed by atoms with E-state index in [1.54, 1.807) is 24.3 Å². The van der Waals surface area contributed by atoms with Gasteiger partial charge in [-0.3, -0.25) is 14.5 Å². The van der Waals surface area contributed by atoms with Crippen molar-refractivity contribution in [2.24, 2.45) is 23.7 Å². The van der Waals surface area contributed by atoms with Gasteiger partial charge in [0.25, 0.3) is 0 Å². The van der Waals surface area contributed by atoms with Crippen molar-refractivity contribution in [3.8, 4) is 0 Å². The monoisotopic (exact) mass is 273 g/mol. The quantitative estimate of drug-likeness (QED) is 0.715. The summed E-state index contributed by atoms with van der Waals surface area (Å²) < 4.78 is 0. The minimum absolute atomic E-state index is 0.232. The second-order valence-electron chi connectivity index (χ2n) is 5.94. The number of amides is 2. The number of para-hydroxylation sites is 1. The summed E-state index contributed by atoms with van der Waals surface area (Å²) in [6, 6.07) is 8.84. The van der Waals surface area contributed by atoms with Crippen molar-refractivity contribution in [2.45, 2.75) is 18.6 Å². The van der Waals surface area contributed by atoms with E-state index >= 15 is 0 Å². The van der Waals surface area contributed by atoms with Crippen molar-refractivity contribution < 1.29 is 19.8 Å². The van der Waals surface area contributed by atoms with Crippen molar-refractivity contribution >= 4 is 17.5 Å². The highest BCUT2D eigenvalue weighted by atomic mass is 16.3. The van der Waals surface area contributed by atoms with Gasteiger partial charge in [0.05, 0.1) is 29.7 Å². The van der Waals surface area contributed by atoms with Gasteiger partial charge in [-0.05, 0) is 18.6 Å².